The molecule has 100 valence electrons. The second-order valence-corrected chi connectivity index (χ2v) is 4.42. The van der Waals surface area contributed by atoms with Crippen LogP contribution in [0.25, 0.3) is 0 Å². The molecule has 0 aromatic rings. The van der Waals surface area contributed by atoms with E-state index in [4.69, 9.17) is 9.47 Å². The highest BCUT2D eigenvalue weighted by Crippen LogP contribution is 2.15. The molecule has 0 aromatic heterocycles. The zero-order valence-corrected chi connectivity index (χ0v) is 10.6. The van der Waals surface area contributed by atoms with Crippen LogP contribution in [-0.2, 0) is 14.3 Å². The fourth-order valence-corrected chi connectivity index (χ4v) is 2.38. The molecular weight excluding hydrogens is 232 g/mol. The van der Waals surface area contributed by atoms with Crippen LogP contribution < -0.4 is 0 Å². The zero-order valence-electron chi connectivity index (χ0n) is 10.6. The molecule has 5 heteroatoms. The van der Waals surface area contributed by atoms with Gasteiger partial charge in [-0.2, -0.15) is 0 Å². The van der Waals surface area contributed by atoms with Crippen LogP contribution in [0, 0.1) is 0 Å². The molecule has 0 aliphatic carbocycles. The first-order chi connectivity index (χ1) is 8.77. The predicted octanol–water partition coefficient (Wildman–Crippen LogP) is 0.244. The summed E-state index contributed by atoms with van der Waals surface area (Å²) in [6.45, 7) is 11.1. The SMILES string of the molecule is C=CN1CCOCC1C(=O)C1COCCN1C=C. The van der Waals surface area contributed by atoms with Crippen molar-refractivity contribution in [2.24, 2.45) is 0 Å². The number of carbonyl (C=O) groups excluding carboxylic acids is 1. The van der Waals surface area contributed by atoms with Crippen molar-refractivity contribution in [2.45, 2.75) is 12.1 Å². The van der Waals surface area contributed by atoms with E-state index in [9.17, 15) is 4.79 Å². The summed E-state index contributed by atoms with van der Waals surface area (Å²) >= 11 is 0. The van der Waals surface area contributed by atoms with Crippen molar-refractivity contribution in [2.75, 3.05) is 39.5 Å². The lowest BCUT2D eigenvalue weighted by Crippen LogP contribution is -2.56. The fraction of sp³-hybridized carbons (Fsp3) is 0.615. The number of Topliss-reactive ketones (excluding diaryl/α,β-unsaturated/α-hetero) is 1. The number of ketones is 1. The van der Waals surface area contributed by atoms with Gasteiger partial charge in [0, 0.05) is 13.1 Å². The van der Waals surface area contributed by atoms with E-state index < -0.39 is 0 Å². The molecule has 2 heterocycles. The van der Waals surface area contributed by atoms with Crippen molar-refractivity contribution in [3.63, 3.8) is 0 Å². The molecule has 0 bridgehead atoms. The maximum absolute atomic E-state index is 12.6. The molecule has 18 heavy (non-hydrogen) atoms. The highest BCUT2D eigenvalue weighted by molar-refractivity contribution is 5.89. The average Bonchev–Trinajstić information content (AvgIpc) is 2.46. The molecule has 0 aromatic carbocycles. The summed E-state index contributed by atoms with van der Waals surface area (Å²) in [7, 11) is 0. The Morgan fingerprint density at radius 2 is 1.44 bits per heavy atom. The topological polar surface area (TPSA) is 42.0 Å². The zero-order chi connectivity index (χ0) is 13.0. The van der Waals surface area contributed by atoms with Gasteiger partial charge >= 0.3 is 0 Å². The van der Waals surface area contributed by atoms with Crippen molar-refractivity contribution in [3.05, 3.63) is 25.6 Å². The minimum Gasteiger partial charge on any atom is -0.377 e. The van der Waals surface area contributed by atoms with E-state index in [-0.39, 0.29) is 17.9 Å². The lowest BCUT2D eigenvalue weighted by molar-refractivity contribution is -0.137. The molecule has 2 aliphatic rings. The van der Waals surface area contributed by atoms with E-state index in [2.05, 4.69) is 13.2 Å². The molecular formula is C13H20N2O3. The van der Waals surface area contributed by atoms with E-state index >= 15 is 0 Å². The molecule has 2 saturated heterocycles. The molecule has 0 amide bonds. The van der Waals surface area contributed by atoms with Gasteiger partial charge in [-0.15, -0.1) is 0 Å². The smallest absolute Gasteiger partial charge is 0.182 e. The Balaban J connectivity index is 2.08. The Labute approximate surface area is 108 Å². The number of carbonyl (C=O) groups is 1. The minimum absolute atomic E-state index is 0.120. The molecule has 0 N–H and O–H groups in total. The van der Waals surface area contributed by atoms with E-state index in [0.29, 0.717) is 39.5 Å². The van der Waals surface area contributed by atoms with Crippen molar-refractivity contribution < 1.29 is 14.3 Å². The van der Waals surface area contributed by atoms with E-state index in [1.807, 2.05) is 9.80 Å². The van der Waals surface area contributed by atoms with Crippen molar-refractivity contribution in [1.82, 2.24) is 9.80 Å². The molecule has 0 saturated carbocycles. The molecule has 2 atom stereocenters. The summed E-state index contributed by atoms with van der Waals surface area (Å²) in [4.78, 5) is 16.4. The van der Waals surface area contributed by atoms with Crippen molar-refractivity contribution in [3.8, 4) is 0 Å². The molecule has 2 unspecified atom stereocenters. The second-order valence-electron chi connectivity index (χ2n) is 4.42. The molecule has 2 rings (SSSR count). The Bertz CT molecular complexity index is 302. The van der Waals surface area contributed by atoms with Gasteiger partial charge in [-0.05, 0) is 12.4 Å². The maximum atomic E-state index is 12.6. The average molecular weight is 252 g/mol. The largest absolute Gasteiger partial charge is 0.377 e. The van der Waals surface area contributed by atoms with Crippen LogP contribution in [0.5, 0.6) is 0 Å². The van der Waals surface area contributed by atoms with Crippen LogP contribution in [0.4, 0.5) is 0 Å². The molecule has 2 aliphatic heterocycles. The van der Waals surface area contributed by atoms with Crippen LogP contribution >= 0.6 is 0 Å². The van der Waals surface area contributed by atoms with Gasteiger partial charge in [-0.3, -0.25) is 4.79 Å². The summed E-state index contributed by atoms with van der Waals surface area (Å²) < 4.78 is 10.8. The van der Waals surface area contributed by atoms with Crippen LogP contribution in [0.15, 0.2) is 25.6 Å². The molecule has 2 fully saturated rings. The maximum Gasteiger partial charge on any atom is 0.182 e. The van der Waals surface area contributed by atoms with Gasteiger partial charge < -0.3 is 19.3 Å². The lowest BCUT2D eigenvalue weighted by Gasteiger charge is -2.39. The normalized spacial score (nSPS) is 28.9. The first-order valence-electron chi connectivity index (χ1n) is 6.23. The Kier molecular flexibility index (Phi) is 4.38. The van der Waals surface area contributed by atoms with Gasteiger partial charge in [0.25, 0.3) is 0 Å². The highest BCUT2D eigenvalue weighted by atomic mass is 16.5. The highest BCUT2D eigenvalue weighted by Gasteiger charge is 2.36. The monoisotopic (exact) mass is 252 g/mol. The Hall–Kier alpha value is -1.33. The standard InChI is InChI=1S/C13H20N2O3/c1-3-14-5-7-17-9-11(14)13(16)12-10-18-8-6-15(12)4-2/h3-4,11-12H,1-2,5-10H2. The van der Waals surface area contributed by atoms with Gasteiger partial charge in [0.05, 0.1) is 26.4 Å². The Morgan fingerprint density at radius 1 is 1.00 bits per heavy atom. The lowest BCUT2D eigenvalue weighted by atomic mass is 10.0. The number of nitrogens with zero attached hydrogens (tertiary/aromatic N) is 2. The first kappa shape index (κ1) is 13.1. The number of morpholine rings is 2. The first-order valence-corrected chi connectivity index (χ1v) is 6.23. The molecule has 5 nitrogen and oxygen atoms in total. The van der Waals surface area contributed by atoms with Crippen LogP contribution in [0.3, 0.4) is 0 Å². The van der Waals surface area contributed by atoms with Gasteiger partial charge in [0.1, 0.15) is 12.1 Å². The number of hydrogen-bond acceptors (Lipinski definition) is 5. The van der Waals surface area contributed by atoms with Gasteiger partial charge in [0.2, 0.25) is 0 Å². The number of ether oxygens (including phenoxy) is 2. The summed E-state index contributed by atoms with van der Waals surface area (Å²) in [5, 5.41) is 0. The summed E-state index contributed by atoms with van der Waals surface area (Å²) in [6, 6.07) is -0.518. The van der Waals surface area contributed by atoms with E-state index in [1.165, 1.54) is 0 Å². The summed E-state index contributed by atoms with van der Waals surface area (Å²) in [5.74, 6) is 0.120. The summed E-state index contributed by atoms with van der Waals surface area (Å²) in [6.07, 6.45) is 3.43. The summed E-state index contributed by atoms with van der Waals surface area (Å²) in [5.41, 5.74) is 0. The fourth-order valence-electron chi connectivity index (χ4n) is 2.38. The number of hydrogen-bond donors (Lipinski definition) is 0. The number of rotatable bonds is 4. The molecule has 0 radical (unpaired) electrons. The second kappa shape index (κ2) is 6.02. The molecule has 0 spiro atoms. The van der Waals surface area contributed by atoms with Gasteiger partial charge in [0.15, 0.2) is 5.78 Å². The third-order valence-corrected chi connectivity index (χ3v) is 3.47. The third kappa shape index (κ3) is 2.57. The Morgan fingerprint density at radius 3 is 1.83 bits per heavy atom. The predicted molar refractivity (Wildman–Crippen MR) is 68.0 cm³/mol. The van der Waals surface area contributed by atoms with Crippen LogP contribution in [0.2, 0.25) is 0 Å². The van der Waals surface area contributed by atoms with Crippen molar-refractivity contribution >= 4 is 5.78 Å². The van der Waals surface area contributed by atoms with Crippen LogP contribution in [-0.4, -0.2) is 67.2 Å². The van der Waals surface area contributed by atoms with Crippen LogP contribution in [0.1, 0.15) is 0 Å². The third-order valence-electron chi connectivity index (χ3n) is 3.47. The quantitative estimate of drug-likeness (QED) is 0.717. The van der Waals surface area contributed by atoms with E-state index in [0.717, 1.165) is 0 Å². The van der Waals surface area contributed by atoms with Crippen molar-refractivity contribution in [1.29, 1.82) is 0 Å². The minimum atomic E-state index is -0.259. The van der Waals surface area contributed by atoms with Gasteiger partial charge in [-0.1, -0.05) is 13.2 Å². The van der Waals surface area contributed by atoms with E-state index in [1.54, 1.807) is 12.4 Å². The van der Waals surface area contributed by atoms with Gasteiger partial charge in [-0.25, -0.2) is 0 Å².